The van der Waals surface area contributed by atoms with Crippen LogP contribution in [0.15, 0.2) is 12.5 Å². The Morgan fingerprint density at radius 3 is 2.49 bits per heavy atom. The van der Waals surface area contributed by atoms with Crippen LogP contribution in [-0.4, -0.2) is 76.0 Å². The van der Waals surface area contributed by atoms with Gasteiger partial charge in [0, 0.05) is 18.3 Å². The summed E-state index contributed by atoms with van der Waals surface area (Å²) in [6.45, 7) is 4.75. The number of carbonyl (C=O) groups excluding carboxylic acids is 3. The molecule has 0 saturated carbocycles. The van der Waals surface area contributed by atoms with Gasteiger partial charge in [0.2, 0.25) is 17.7 Å². The fraction of sp³-hybridized carbons (Fsp3) is 0.696. The van der Waals surface area contributed by atoms with Crippen molar-refractivity contribution >= 4 is 23.7 Å². The smallest absolute Gasteiger partial charge is 0.326 e. The van der Waals surface area contributed by atoms with E-state index < -0.39 is 35.9 Å². The van der Waals surface area contributed by atoms with Crippen molar-refractivity contribution in [2.45, 2.75) is 83.0 Å². The fourth-order valence-electron chi connectivity index (χ4n) is 3.98. The van der Waals surface area contributed by atoms with Crippen LogP contribution in [0.25, 0.3) is 0 Å². The van der Waals surface area contributed by atoms with E-state index in [0.29, 0.717) is 37.9 Å². The third-order valence-corrected chi connectivity index (χ3v) is 6.35. The van der Waals surface area contributed by atoms with Crippen LogP contribution in [0.4, 0.5) is 0 Å². The lowest BCUT2D eigenvalue weighted by molar-refractivity contribution is -0.144. The molecule has 1 aromatic rings. The maximum Gasteiger partial charge on any atom is 0.326 e. The minimum atomic E-state index is -1.13. The molecule has 3 amide bonds. The molecule has 0 aromatic carbocycles. The number of unbranched alkanes of at least 4 members (excludes halogenated alkanes) is 1. The molecule has 1 aliphatic rings. The number of imidazole rings is 1. The molecule has 2 heterocycles. The number of nitrogens with one attached hydrogen (secondary N) is 5. The number of rotatable bonds is 15. The van der Waals surface area contributed by atoms with Gasteiger partial charge in [-0.1, -0.05) is 20.3 Å². The van der Waals surface area contributed by atoms with Crippen molar-refractivity contribution in [1.82, 2.24) is 31.2 Å². The first-order valence-electron chi connectivity index (χ1n) is 12.3. The third kappa shape index (κ3) is 8.95. The first kappa shape index (κ1) is 28.2. The Bertz CT molecular complexity index is 826. The zero-order chi connectivity index (χ0) is 25.8. The first-order chi connectivity index (χ1) is 16.8. The molecule has 1 aliphatic heterocycles. The minimum absolute atomic E-state index is 0.159. The summed E-state index contributed by atoms with van der Waals surface area (Å²) >= 11 is 0. The molecule has 5 unspecified atom stereocenters. The van der Waals surface area contributed by atoms with Gasteiger partial charge in [0.1, 0.15) is 18.1 Å². The second-order valence-corrected chi connectivity index (χ2v) is 9.05. The quantitative estimate of drug-likeness (QED) is 0.158. The van der Waals surface area contributed by atoms with Crippen molar-refractivity contribution in [2.24, 2.45) is 11.7 Å². The number of hydrogen-bond acceptors (Lipinski definition) is 7. The summed E-state index contributed by atoms with van der Waals surface area (Å²) < 4.78 is 0. The average Bonchev–Trinajstić information content (AvgIpc) is 3.55. The van der Waals surface area contributed by atoms with Gasteiger partial charge in [-0.05, 0) is 51.1 Å². The van der Waals surface area contributed by atoms with E-state index in [2.05, 4.69) is 31.2 Å². The van der Waals surface area contributed by atoms with Gasteiger partial charge in [0.05, 0.1) is 12.4 Å². The van der Waals surface area contributed by atoms with E-state index in [9.17, 15) is 24.3 Å². The lowest BCUT2D eigenvalue weighted by atomic mass is 9.98. The number of nitrogens with two attached hydrogens (primary N) is 1. The van der Waals surface area contributed by atoms with Crippen LogP contribution in [0.2, 0.25) is 0 Å². The summed E-state index contributed by atoms with van der Waals surface area (Å²) in [6.07, 6.45) is 6.83. The highest BCUT2D eigenvalue weighted by Crippen LogP contribution is 2.11. The van der Waals surface area contributed by atoms with Crippen LogP contribution in [0.3, 0.4) is 0 Å². The van der Waals surface area contributed by atoms with Gasteiger partial charge in [-0.3, -0.25) is 14.4 Å². The first-order valence-corrected chi connectivity index (χ1v) is 12.3. The molecule has 12 nitrogen and oxygen atoms in total. The van der Waals surface area contributed by atoms with E-state index in [1.54, 1.807) is 13.1 Å². The molecule has 1 saturated heterocycles. The molecule has 35 heavy (non-hydrogen) atoms. The van der Waals surface area contributed by atoms with E-state index in [1.165, 1.54) is 6.33 Å². The topological polar surface area (TPSA) is 191 Å². The van der Waals surface area contributed by atoms with Crippen molar-refractivity contribution in [1.29, 1.82) is 0 Å². The average molecular weight is 494 g/mol. The Kier molecular flexibility index (Phi) is 11.6. The molecule has 0 aliphatic carbocycles. The van der Waals surface area contributed by atoms with Crippen LogP contribution in [0.5, 0.6) is 0 Å². The van der Waals surface area contributed by atoms with Crippen LogP contribution >= 0.6 is 0 Å². The standard InChI is InChI=1S/C23H39N7O5/c1-3-14(2)19(23(34)35)30-21(32)17(7-4-5-9-24)28-22(33)18(11-15-12-25-13-27-15)29-20(31)16-8-6-10-26-16/h12-14,16-19,26H,3-11,24H2,1-2H3,(H,25,27)(H,28,33)(H,29,31)(H,30,32)(H,34,35). The number of hydrogen-bond donors (Lipinski definition) is 7. The number of carboxylic acids is 1. The summed E-state index contributed by atoms with van der Waals surface area (Å²) in [5.41, 5.74) is 6.23. The summed E-state index contributed by atoms with van der Waals surface area (Å²) in [7, 11) is 0. The Balaban J connectivity index is 2.15. The zero-order valence-electron chi connectivity index (χ0n) is 20.5. The number of aromatic nitrogens is 2. The molecule has 0 spiro atoms. The maximum absolute atomic E-state index is 13.3. The Hall–Kier alpha value is -2.99. The number of aromatic amines is 1. The lowest BCUT2D eigenvalue weighted by Gasteiger charge is -2.26. The summed E-state index contributed by atoms with van der Waals surface area (Å²) in [5, 5.41) is 20.8. The summed E-state index contributed by atoms with van der Waals surface area (Å²) in [5.74, 6) is -2.81. The molecular formula is C23H39N7O5. The normalized spacial score (nSPS) is 18.8. The van der Waals surface area contributed by atoms with Gasteiger partial charge < -0.3 is 37.1 Å². The lowest BCUT2D eigenvalue weighted by Crippen LogP contribution is -2.58. The van der Waals surface area contributed by atoms with Crippen LogP contribution in [0, 0.1) is 5.92 Å². The Morgan fingerprint density at radius 2 is 1.91 bits per heavy atom. The number of H-pyrrole nitrogens is 1. The van der Waals surface area contributed by atoms with Gasteiger partial charge >= 0.3 is 5.97 Å². The molecule has 1 aromatic heterocycles. The minimum Gasteiger partial charge on any atom is -0.480 e. The molecule has 8 N–H and O–H groups in total. The van der Waals surface area contributed by atoms with Crippen molar-refractivity contribution in [2.75, 3.05) is 13.1 Å². The van der Waals surface area contributed by atoms with E-state index in [1.807, 2.05) is 6.92 Å². The molecule has 0 bridgehead atoms. The van der Waals surface area contributed by atoms with Gasteiger partial charge in [0.15, 0.2) is 0 Å². The Labute approximate surface area is 205 Å². The van der Waals surface area contributed by atoms with Crippen molar-refractivity contribution < 1.29 is 24.3 Å². The highest BCUT2D eigenvalue weighted by molar-refractivity contribution is 5.94. The van der Waals surface area contributed by atoms with E-state index in [0.717, 1.165) is 13.0 Å². The van der Waals surface area contributed by atoms with Crippen LogP contribution in [-0.2, 0) is 25.6 Å². The summed E-state index contributed by atoms with van der Waals surface area (Å²) in [4.78, 5) is 57.6. The molecule has 2 rings (SSSR count). The molecular weight excluding hydrogens is 454 g/mol. The number of amides is 3. The largest absolute Gasteiger partial charge is 0.480 e. The van der Waals surface area contributed by atoms with E-state index in [4.69, 9.17) is 5.73 Å². The van der Waals surface area contributed by atoms with Crippen LogP contribution < -0.4 is 27.0 Å². The fourth-order valence-corrected chi connectivity index (χ4v) is 3.98. The second-order valence-electron chi connectivity index (χ2n) is 9.05. The van der Waals surface area contributed by atoms with Crippen molar-refractivity contribution in [3.05, 3.63) is 18.2 Å². The van der Waals surface area contributed by atoms with Crippen molar-refractivity contribution in [3.8, 4) is 0 Å². The van der Waals surface area contributed by atoms with Crippen molar-refractivity contribution in [3.63, 3.8) is 0 Å². The molecule has 5 atom stereocenters. The number of carboxylic acid groups (broad SMARTS) is 1. The van der Waals surface area contributed by atoms with Gasteiger partial charge in [-0.25, -0.2) is 9.78 Å². The maximum atomic E-state index is 13.3. The van der Waals surface area contributed by atoms with Gasteiger partial charge in [-0.2, -0.15) is 0 Å². The molecule has 196 valence electrons. The predicted octanol–water partition coefficient (Wildman–Crippen LogP) is -0.582. The van der Waals surface area contributed by atoms with E-state index >= 15 is 0 Å². The second kappa shape index (κ2) is 14.4. The SMILES string of the molecule is CCC(C)C(NC(=O)C(CCCCN)NC(=O)C(Cc1cnc[nH]1)NC(=O)C1CCCN1)C(=O)O. The predicted molar refractivity (Wildman–Crippen MR) is 129 cm³/mol. The van der Waals surface area contributed by atoms with Gasteiger partial charge in [0.25, 0.3) is 0 Å². The number of carbonyl (C=O) groups is 4. The van der Waals surface area contributed by atoms with Crippen LogP contribution in [0.1, 0.15) is 58.1 Å². The highest BCUT2D eigenvalue weighted by atomic mass is 16.4. The van der Waals surface area contributed by atoms with Gasteiger partial charge in [-0.15, -0.1) is 0 Å². The monoisotopic (exact) mass is 493 g/mol. The number of nitrogens with zero attached hydrogens (tertiary/aromatic N) is 1. The molecule has 0 radical (unpaired) electrons. The molecule has 12 heteroatoms. The number of aliphatic carboxylic acids is 1. The van der Waals surface area contributed by atoms with E-state index in [-0.39, 0.29) is 30.7 Å². The third-order valence-electron chi connectivity index (χ3n) is 6.35. The highest BCUT2D eigenvalue weighted by Gasteiger charge is 2.32. The zero-order valence-corrected chi connectivity index (χ0v) is 20.5. The molecule has 1 fully saturated rings. The summed E-state index contributed by atoms with van der Waals surface area (Å²) in [6, 6.07) is -3.36. The Morgan fingerprint density at radius 1 is 1.17 bits per heavy atom.